The minimum absolute atomic E-state index is 0.131. The summed E-state index contributed by atoms with van der Waals surface area (Å²) in [6.07, 6.45) is 0.116. The minimum atomic E-state index is -3.68. The van der Waals surface area contributed by atoms with Crippen LogP contribution >= 0.6 is 11.6 Å². The molecule has 2 aromatic carbocycles. The fraction of sp³-hybridized carbons (Fsp3) is 0.143. The zero-order chi connectivity index (χ0) is 21.0. The number of esters is 1. The Balaban J connectivity index is 1.73. The van der Waals surface area contributed by atoms with Gasteiger partial charge in [-0.2, -0.15) is 0 Å². The van der Waals surface area contributed by atoms with Crippen molar-refractivity contribution >= 4 is 33.2 Å². The van der Waals surface area contributed by atoms with Gasteiger partial charge in [-0.1, -0.05) is 29.8 Å². The van der Waals surface area contributed by atoms with Crippen LogP contribution in [-0.4, -0.2) is 26.3 Å². The monoisotopic (exact) mass is 432 g/mol. The van der Waals surface area contributed by atoms with Gasteiger partial charge in [0, 0.05) is 16.1 Å². The molecule has 1 heterocycles. The molecule has 0 saturated heterocycles. The van der Waals surface area contributed by atoms with Gasteiger partial charge in [0.25, 0.3) is 0 Å². The number of hydrogen-bond acceptors (Lipinski definition) is 6. The van der Waals surface area contributed by atoms with E-state index in [0.717, 1.165) is 0 Å². The molecule has 0 aliphatic carbocycles. The number of hydrogen-bond donors (Lipinski definition) is 0. The number of sulfone groups is 1. The van der Waals surface area contributed by atoms with E-state index < -0.39 is 33.4 Å². The molecule has 8 heteroatoms. The maximum atomic E-state index is 12.6. The van der Waals surface area contributed by atoms with E-state index in [-0.39, 0.29) is 16.2 Å². The summed E-state index contributed by atoms with van der Waals surface area (Å²) < 4.78 is 35.5. The number of ether oxygens (including phenoxy) is 1. The highest BCUT2D eigenvalue weighted by atomic mass is 35.5. The normalized spacial score (nSPS) is 12.3. The van der Waals surface area contributed by atoms with Gasteiger partial charge in [-0.05, 0) is 49.4 Å². The molecule has 0 radical (unpaired) electrons. The Kier molecular flexibility index (Phi) is 6.20. The summed E-state index contributed by atoms with van der Waals surface area (Å²) in [4.78, 5) is 25.0. The van der Waals surface area contributed by atoms with Gasteiger partial charge < -0.3 is 9.15 Å². The molecule has 3 aromatic rings. The maximum Gasteiger partial charge on any atom is 0.375 e. The molecule has 6 nitrogen and oxygen atoms in total. The molecule has 0 amide bonds. The van der Waals surface area contributed by atoms with Crippen molar-refractivity contribution in [2.45, 2.75) is 23.7 Å². The number of carbonyl (C=O) groups excluding carboxylic acids is 2. The summed E-state index contributed by atoms with van der Waals surface area (Å²) in [5.41, 5.74) is 0.492. The van der Waals surface area contributed by atoms with Crippen molar-refractivity contribution in [1.29, 1.82) is 0 Å². The Bertz CT molecular complexity index is 1120. The number of ketones is 1. The summed E-state index contributed by atoms with van der Waals surface area (Å²) in [5.74, 6) is -2.01. The van der Waals surface area contributed by atoms with Crippen LogP contribution in [0.25, 0.3) is 0 Å². The lowest BCUT2D eigenvalue weighted by Crippen LogP contribution is -2.24. The van der Waals surface area contributed by atoms with Crippen LogP contribution in [0.1, 0.15) is 33.4 Å². The Morgan fingerprint density at radius 1 is 1.03 bits per heavy atom. The average Bonchev–Trinajstić information content (AvgIpc) is 3.16. The lowest BCUT2D eigenvalue weighted by Gasteiger charge is -2.12. The molecular formula is C21H17ClO6S. The molecule has 29 heavy (non-hydrogen) atoms. The van der Waals surface area contributed by atoms with Crippen molar-refractivity contribution in [2.24, 2.45) is 0 Å². The highest BCUT2D eigenvalue weighted by molar-refractivity contribution is 7.90. The predicted molar refractivity (Wildman–Crippen MR) is 107 cm³/mol. The molecule has 0 bridgehead atoms. The van der Waals surface area contributed by atoms with Crippen molar-refractivity contribution in [3.8, 4) is 0 Å². The number of Topliss-reactive ketones (excluding diaryl/α,β-unsaturated/α-hetero) is 1. The van der Waals surface area contributed by atoms with E-state index in [0.29, 0.717) is 10.6 Å². The van der Waals surface area contributed by atoms with Crippen LogP contribution in [0.2, 0.25) is 5.02 Å². The van der Waals surface area contributed by atoms with Gasteiger partial charge in [-0.3, -0.25) is 4.79 Å². The Morgan fingerprint density at radius 2 is 1.69 bits per heavy atom. The molecule has 0 spiro atoms. The van der Waals surface area contributed by atoms with E-state index in [9.17, 15) is 18.0 Å². The van der Waals surface area contributed by atoms with Gasteiger partial charge in [0.1, 0.15) is 0 Å². The summed E-state index contributed by atoms with van der Waals surface area (Å²) >= 11 is 5.80. The van der Waals surface area contributed by atoms with Gasteiger partial charge >= 0.3 is 5.97 Å². The first-order chi connectivity index (χ1) is 13.8. The van der Waals surface area contributed by atoms with Crippen molar-refractivity contribution < 1.29 is 27.2 Å². The van der Waals surface area contributed by atoms with Crippen molar-refractivity contribution in [2.75, 3.05) is 0 Å². The van der Waals surface area contributed by atoms with Crippen molar-refractivity contribution in [1.82, 2.24) is 0 Å². The third kappa shape index (κ3) is 4.93. The molecule has 3 rings (SSSR count). The smallest absolute Gasteiger partial charge is 0.375 e. The zero-order valence-corrected chi connectivity index (χ0v) is 16.9. The lowest BCUT2D eigenvalue weighted by molar-refractivity contribution is 0.0288. The SMILES string of the molecule is CC(OC(=O)c1occc1CS(=O)(=O)c1ccccc1)C(=O)c1ccc(Cl)cc1. The second kappa shape index (κ2) is 8.63. The topological polar surface area (TPSA) is 90.7 Å². The first-order valence-electron chi connectivity index (χ1n) is 8.63. The van der Waals surface area contributed by atoms with Crippen LogP contribution in [0.15, 0.2) is 76.2 Å². The highest BCUT2D eigenvalue weighted by Crippen LogP contribution is 2.21. The quantitative estimate of drug-likeness (QED) is 0.407. The van der Waals surface area contributed by atoms with Crippen LogP contribution in [0.4, 0.5) is 0 Å². The molecule has 1 aromatic heterocycles. The van der Waals surface area contributed by atoms with Gasteiger partial charge in [0.2, 0.25) is 11.5 Å². The number of carbonyl (C=O) groups is 2. The zero-order valence-electron chi connectivity index (χ0n) is 15.4. The number of halogens is 1. The van der Waals surface area contributed by atoms with E-state index in [1.54, 1.807) is 30.3 Å². The van der Waals surface area contributed by atoms with E-state index in [1.165, 1.54) is 43.5 Å². The fourth-order valence-corrected chi connectivity index (χ4v) is 4.16. The number of furan rings is 1. The third-order valence-electron chi connectivity index (χ3n) is 4.16. The van der Waals surface area contributed by atoms with Crippen molar-refractivity contribution in [3.05, 3.63) is 88.8 Å². The largest absolute Gasteiger partial charge is 0.457 e. The molecule has 0 aliphatic heterocycles. The average molecular weight is 433 g/mol. The molecule has 1 atom stereocenters. The van der Waals surface area contributed by atoms with Crippen LogP contribution in [0.5, 0.6) is 0 Å². The fourth-order valence-electron chi connectivity index (χ4n) is 2.66. The van der Waals surface area contributed by atoms with Gasteiger partial charge in [0.05, 0.1) is 16.9 Å². The van der Waals surface area contributed by atoms with E-state index in [1.807, 2.05) is 0 Å². The molecule has 1 unspecified atom stereocenters. The number of rotatable bonds is 7. The van der Waals surface area contributed by atoms with E-state index in [2.05, 4.69) is 0 Å². The molecule has 150 valence electrons. The van der Waals surface area contributed by atoms with Crippen LogP contribution in [0.3, 0.4) is 0 Å². The van der Waals surface area contributed by atoms with Crippen molar-refractivity contribution in [3.63, 3.8) is 0 Å². The second-order valence-electron chi connectivity index (χ2n) is 6.27. The highest BCUT2D eigenvalue weighted by Gasteiger charge is 2.26. The first-order valence-corrected chi connectivity index (χ1v) is 10.7. The van der Waals surface area contributed by atoms with Gasteiger partial charge in [-0.25, -0.2) is 13.2 Å². The second-order valence-corrected chi connectivity index (χ2v) is 8.69. The summed E-state index contributed by atoms with van der Waals surface area (Å²) in [7, 11) is -3.68. The van der Waals surface area contributed by atoms with Crippen LogP contribution in [-0.2, 0) is 20.3 Å². The van der Waals surface area contributed by atoms with Gasteiger partial charge in [0.15, 0.2) is 15.9 Å². The molecule has 0 saturated carbocycles. The van der Waals surface area contributed by atoms with Crippen LogP contribution < -0.4 is 0 Å². The predicted octanol–water partition coefficient (Wildman–Crippen LogP) is 4.34. The maximum absolute atomic E-state index is 12.6. The summed E-state index contributed by atoms with van der Waals surface area (Å²) in [6.45, 7) is 1.43. The van der Waals surface area contributed by atoms with Gasteiger partial charge in [-0.15, -0.1) is 0 Å². The summed E-state index contributed by atoms with van der Waals surface area (Å²) in [6, 6.07) is 15.4. The summed E-state index contributed by atoms with van der Waals surface area (Å²) in [5, 5.41) is 0.478. The first kappa shape index (κ1) is 20.8. The minimum Gasteiger partial charge on any atom is -0.457 e. The molecular weight excluding hydrogens is 416 g/mol. The molecule has 0 N–H and O–H groups in total. The standard InChI is InChI=1S/C21H17ClO6S/c1-14(19(23)15-7-9-17(22)10-8-15)28-21(24)20-16(11-12-27-20)13-29(25,26)18-5-3-2-4-6-18/h2-12,14H,13H2,1H3. The Labute approximate surface area is 173 Å². The lowest BCUT2D eigenvalue weighted by atomic mass is 10.1. The Hall–Kier alpha value is -2.90. The third-order valence-corrected chi connectivity index (χ3v) is 6.10. The Morgan fingerprint density at radius 3 is 2.34 bits per heavy atom. The molecule has 0 aliphatic rings. The number of benzene rings is 2. The van der Waals surface area contributed by atoms with Crippen LogP contribution in [0, 0.1) is 0 Å². The van der Waals surface area contributed by atoms with E-state index >= 15 is 0 Å². The van der Waals surface area contributed by atoms with E-state index in [4.69, 9.17) is 20.8 Å². The molecule has 0 fully saturated rings.